The highest BCUT2D eigenvalue weighted by molar-refractivity contribution is 9.10. The third kappa shape index (κ3) is 2.10. The smallest absolute Gasteiger partial charge is 0.192 e. The molecule has 2 heterocycles. The number of tetrazole rings is 1. The highest BCUT2D eigenvalue weighted by Gasteiger charge is 2.21. The fourth-order valence-electron chi connectivity index (χ4n) is 1.99. The van der Waals surface area contributed by atoms with Crippen LogP contribution in [0.5, 0.6) is 0 Å². The third-order valence-electron chi connectivity index (χ3n) is 2.87. The minimum absolute atomic E-state index is 0.256. The number of hydrogen-bond donors (Lipinski definition) is 1. The highest BCUT2D eigenvalue weighted by Crippen LogP contribution is 2.21. The number of halogens is 1. The van der Waals surface area contributed by atoms with E-state index < -0.39 is 0 Å². The van der Waals surface area contributed by atoms with E-state index in [1.165, 1.54) is 6.42 Å². The first-order valence-electron chi connectivity index (χ1n) is 5.63. The molecule has 1 atom stereocenters. The largest absolute Gasteiger partial charge is 0.307 e. The van der Waals surface area contributed by atoms with Crippen molar-refractivity contribution in [3.05, 3.63) is 34.6 Å². The molecular weight excluding hydrogens is 282 g/mol. The van der Waals surface area contributed by atoms with Gasteiger partial charge in [-0.1, -0.05) is 12.1 Å². The SMILES string of the molecule is Brc1ccccc1-n1nnc(C2CCCN2)n1. The van der Waals surface area contributed by atoms with Crippen LogP contribution < -0.4 is 5.32 Å². The molecule has 0 radical (unpaired) electrons. The zero-order valence-corrected chi connectivity index (χ0v) is 10.8. The van der Waals surface area contributed by atoms with E-state index in [4.69, 9.17) is 0 Å². The van der Waals surface area contributed by atoms with Crippen molar-refractivity contribution in [2.75, 3.05) is 6.54 Å². The van der Waals surface area contributed by atoms with Crippen LogP contribution in [0.3, 0.4) is 0 Å². The molecule has 17 heavy (non-hydrogen) atoms. The van der Waals surface area contributed by atoms with Crippen LogP contribution in [0.2, 0.25) is 0 Å². The summed E-state index contributed by atoms with van der Waals surface area (Å²) in [6.07, 6.45) is 2.26. The fourth-order valence-corrected chi connectivity index (χ4v) is 2.43. The average molecular weight is 294 g/mol. The highest BCUT2D eigenvalue weighted by atomic mass is 79.9. The van der Waals surface area contributed by atoms with Crippen molar-refractivity contribution in [3.8, 4) is 5.69 Å². The minimum Gasteiger partial charge on any atom is -0.307 e. The zero-order valence-electron chi connectivity index (χ0n) is 9.17. The van der Waals surface area contributed by atoms with E-state index in [2.05, 4.69) is 36.7 Å². The summed E-state index contributed by atoms with van der Waals surface area (Å²) in [5, 5.41) is 16.0. The topological polar surface area (TPSA) is 55.6 Å². The Bertz CT molecular complexity index is 518. The van der Waals surface area contributed by atoms with Crippen LogP contribution in [-0.2, 0) is 0 Å². The summed E-state index contributed by atoms with van der Waals surface area (Å²) in [5.41, 5.74) is 0.907. The maximum Gasteiger partial charge on any atom is 0.192 e. The standard InChI is InChI=1S/C11H12BrN5/c12-8-4-1-2-6-10(8)17-15-11(14-16-17)9-5-3-7-13-9/h1-2,4,6,9,13H,3,5,7H2. The Hall–Kier alpha value is -1.27. The van der Waals surface area contributed by atoms with Crippen LogP contribution in [-0.4, -0.2) is 26.8 Å². The van der Waals surface area contributed by atoms with Crippen LogP contribution in [0.25, 0.3) is 5.69 Å². The number of nitrogens with zero attached hydrogens (tertiary/aromatic N) is 4. The molecule has 3 rings (SSSR count). The van der Waals surface area contributed by atoms with Gasteiger partial charge in [0, 0.05) is 4.47 Å². The molecule has 1 aromatic carbocycles. The molecule has 0 bridgehead atoms. The van der Waals surface area contributed by atoms with Crippen molar-refractivity contribution in [2.45, 2.75) is 18.9 Å². The molecular formula is C11H12BrN5. The molecule has 88 valence electrons. The molecule has 1 N–H and O–H groups in total. The van der Waals surface area contributed by atoms with Gasteiger partial charge in [-0.25, -0.2) is 0 Å². The molecule has 1 unspecified atom stereocenters. The van der Waals surface area contributed by atoms with E-state index in [1.54, 1.807) is 4.80 Å². The maximum absolute atomic E-state index is 4.43. The van der Waals surface area contributed by atoms with Gasteiger partial charge in [-0.15, -0.1) is 15.0 Å². The van der Waals surface area contributed by atoms with Crippen LogP contribution in [0.4, 0.5) is 0 Å². The predicted molar refractivity (Wildman–Crippen MR) is 66.8 cm³/mol. The Kier molecular flexibility index (Phi) is 2.90. The lowest BCUT2D eigenvalue weighted by Gasteiger charge is -2.03. The van der Waals surface area contributed by atoms with Crippen LogP contribution in [0.15, 0.2) is 28.7 Å². The van der Waals surface area contributed by atoms with Crippen molar-refractivity contribution < 1.29 is 0 Å². The van der Waals surface area contributed by atoms with Gasteiger partial charge < -0.3 is 5.32 Å². The van der Waals surface area contributed by atoms with Gasteiger partial charge in [0.15, 0.2) is 5.82 Å². The number of rotatable bonds is 2. The molecule has 6 heteroatoms. The molecule has 2 aromatic rings. The molecule has 0 saturated carbocycles. The summed E-state index contributed by atoms with van der Waals surface area (Å²) in [6, 6.07) is 8.09. The third-order valence-corrected chi connectivity index (χ3v) is 3.54. The second kappa shape index (κ2) is 4.54. The maximum atomic E-state index is 4.43. The Labute approximate surface area is 107 Å². The molecule has 1 saturated heterocycles. The molecule has 1 aliphatic heterocycles. The summed E-state index contributed by atoms with van der Waals surface area (Å²) in [7, 11) is 0. The van der Waals surface area contributed by atoms with Gasteiger partial charge in [0.25, 0.3) is 0 Å². The van der Waals surface area contributed by atoms with Crippen molar-refractivity contribution in [1.29, 1.82) is 0 Å². The van der Waals surface area contributed by atoms with Crippen molar-refractivity contribution in [3.63, 3.8) is 0 Å². The molecule has 1 aromatic heterocycles. The van der Waals surface area contributed by atoms with E-state index >= 15 is 0 Å². The first-order valence-corrected chi connectivity index (χ1v) is 6.42. The summed E-state index contributed by atoms with van der Waals surface area (Å²) < 4.78 is 0.961. The lowest BCUT2D eigenvalue weighted by molar-refractivity contribution is 0.602. The van der Waals surface area contributed by atoms with Crippen LogP contribution in [0, 0.1) is 0 Å². The summed E-state index contributed by atoms with van der Waals surface area (Å²) in [6.45, 7) is 1.04. The van der Waals surface area contributed by atoms with Gasteiger partial charge in [-0.05, 0) is 52.7 Å². The number of nitrogens with one attached hydrogen (secondary N) is 1. The Balaban J connectivity index is 1.92. The molecule has 0 aliphatic carbocycles. The van der Waals surface area contributed by atoms with Gasteiger partial charge in [0.2, 0.25) is 0 Å². The predicted octanol–water partition coefficient (Wildman–Crippen LogP) is 1.85. The van der Waals surface area contributed by atoms with Gasteiger partial charge in [0.1, 0.15) is 5.69 Å². The quantitative estimate of drug-likeness (QED) is 0.918. The summed E-state index contributed by atoms with van der Waals surface area (Å²) in [5.74, 6) is 0.776. The normalized spacial score (nSPS) is 19.7. The van der Waals surface area contributed by atoms with Gasteiger partial charge in [-0.3, -0.25) is 0 Å². The summed E-state index contributed by atoms with van der Waals surface area (Å²) in [4.78, 5) is 1.57. The average Bonchev–Trinajstić information content (AvgIpc) is 3.00. The van der Waals surface area contributed by atoms with E-state index in [0.717, 1.165) is 29.0 Å². The number of benzene rings is 1. The van der Waals surface area contributed by atoms with E-state index in [0.29, 0.717) is 0 Å². The van der Waals surface area contributed by atoms with Crippen molar-refractivity contribution in [2.24, 2.45) is 0 Å². The van der Waals surface area contributed by atoms with E-state index in [1.807, 2.05) is 24.3 Å². The Morgan fingerprint density at radius 3 is 3.00 bits per heavy atom. The second-order valence-electron chi connectivity index (χ2n) is 4.04. The number of para-hydroxylation sites is 1. The lowest BCUT2D eigenvalue weighted by Crippen LogP contribution is -2.14. The van der Waals surface area contributed by atoms with E-state index in [9.17, 15) is 0 Å². The Morgan fingerprint density at radius 1 is 1.35 bits per heavy atom. The fraction of sp³-hybridized carbons (Fsp3) is 0.364. The van der Waals surface area contributed by atoms with Crippen molar-refractivity contribution >= 4 is 15.9 Å². The Morgan fingerprint density at radius 2 is 2.24 bits per heavy atom. The number of aromatic nitrogens is 4. The van der Waals surface area contributed by atoms with Gasteiger partial charge in [0.05, 0.1) is 6.04 Å². The second-order valence-corrected chi connectivity index (χ2v) is 4.89. The lowest BCUT2D eigenvalue weighted by atomic mass is 10.2. The molecule has 1 aliphatic rings. The zero-order chi connectivity index (χ0) is 11.7. The minimum atomic E-state index is 0.256. The number of hydrogen-bond acceptors (Lipinski definition) is 4. The van der Waals surface area contributed by atoms with Crippen LogP contribution in [0.1, 0.15) is 24.7 Å². The summed E-state index contributed by atoms with van der Waals surface area (Å²) >= 11 is 3.48. The molecule has 1 fully saturated rings. The van der Waals surface area contributed by atoms with Crippen LogP contribution >= 0.6 is 15.9 Å². The van der Waals surface area contributed by atoms with Crippen molar-refractivity contribution in [1.82, 2.24) is 25.5 Å². The molecule has 5 nitrogen and oxygen atoms in total. The van der Waals surface area contributed by atoms with Gasteiger partial charge >= 0.3 is 0 Å². The van der Waals surface area contributed by atoms with E-state index in [-0.39, 0.29) is 6.04 Å². The first-order chi connectivity index (χ1) is 8.34. The molecule has 0 amide bonds. The monoisotopic (exact) mass is 293 g/mol. The molecule has 0 spiro atoms. The van der Waals surface area contributed by atoms with Gasteiger partial charge in [-0.2, -0.15) is 0 Å². The first kappa shape index (κ1) is 10.9.